The van der Waals surface area contributed by atoms with Crippen molar-refractivity contribution in [1.82, 2.24) is 0 Å². The minimum absolute atomic E-state index is 0.180. The molecule has 61 heavy (non-hydrogen) atoms. The first-order chi connectivity index (χ1) is 29.3. The highest BCUT2D eigenvalue weighted by atomic mass is 16.7. The molecule has 2 aliphatic heterocycles. The van der Waals surface area contributed by atoms with Gasteiger partial charge < -0.3 is 37.7 Å². The van der Waals surface area contributed by atoms with Crippen molar-refractivity contribution in [2.24, 2.45) is 5.11 Å². The van der Waals surface area contributed by atoms with Gasteiger partial charge in [-0.2, -0.15) is 5.26 Å². The number of hydrogen-bond acceptors (Lipinski definition) is 12. The molecule has 0 radical (unpaired) electrons. The average molecular weight is 823 g/mol. The Morgan fingerprint density at radius 3 is 2.11 bits per heavy atom. The van der Waals surface area contributed by atoms with Crippen LogP contribution in [-0.2, 0) is 38.7 Å². The van der Waals surface area contributed by atoms with Crippen LogP contribution in [0.1, 0.15) is 63.8 Å². The number of ether oxygens (including phenoxy) is 3. The smallest absolute Gasteiger partial charge is 0.489 e. The van der Waals surface area contributed by atoms with E-state index in [-0.39, 0.29) is 31.0 Å². The maximum absolute atomic E-state index is 13.5. The number of nitriles is 1. The van der Waals surface area contributed by atoms with Gasteiger partial charge in [0.15, 0.2) is 0 Å². The summed E-state index contributed by atoms with van der Waals surface area (Å²) in [6, 6.07) is 27.1. The van der Waals surface area contributed by atoms with Crippen molar-refractivity contribution >= 4 is 52.7 Å². The molecule has 2 aliphatic rings. The molecule has 0 atom stereocenters. The summed E-state index contributed by atoms with van der Waals surface area (Å²) in [5, 5.41) is 14.4. The zero-order chi connectivity index (χ0) is 43.3. The van der Waals surface area contributed by atoms with Gasteiger partial charge in [0, 0.05) is 71.5 Å². The fourth-order valence-corrected chi connectivity index (χ4v) is 7.18. The number of nitrogens with zero attached hydrogens (tertiary/aromatic N) is 6. The molecule has 5 aromatic rings. The Morgan fingerprint density at radius 1 is 0.869 bits per heavy atom. The minimum Gasteiger partial charge on any atom is -0.489 e. The van der Waals surface area contributed by atoms with Gasteiger partial charge in [0.05, 0.1) is 22.6 Å². The van der Waals surface area contributed by atoms with Crippen LogP contribution in [0.15, 0.2) is 105 Å². The van der Waals surface area contributed by atoms with E-state index in [2.05, 4.69) is 33.7 Å². The molecule has 3 heterocycles. The molecule has 0 bridgehead atoms. The van der Waals surface area contributed by atoms with Gasteiger partial charge in [0.2, 0.25) is 0 Å². The number of hydrogen-bond donors (Lipinski definition) is 0. The molecule has 15 heteroatoms. The molecular formula is C46H47BN6O8. The molecule has 0 spiro atoms. The molecule has 14 nitrogen and oxygen atoms in total. The number of fused-ring (bicyclic) bond motifs is 2. The molecule has 0 unspecified atom stereocenters. The highest BCUT2D eigenvalue weighted by molar-refractivity contribution is 6.62. The molecule has 0 N–H and O–H groups in total. The zero-order valence-corrected chi connectivity index (χ0v) is 35.1. The Kier molecular flexibility index (Phi) is 12.4. The lowest BCUT2D eigenvalue weighted by Gasteiger charge is -2.38. The van der Waals surface area contributed by atoms with Crippen molar-refractivity contribution < 1.29 is 32.7 Å². The number of carbonyl (C=O) groups is 1. The average Bonchev–Trinajstić information content (AvgIpc) is 3.48. The molecule has 0 amide bonds. The number of azide groups is 1. The second-order valence-electron chi connectivity index (χ2n) is 15.8. The van der Waals surface area contributed by atoms with E-state index in [1.54, 1.807) is 42.5 Å². The topological polar surface area (TPSA) is 172 Å². The number of carbonyl (C=O) groups excluding carboxylic acids is 1. The van der Waals surface area contributed by atoms with Crippen molar-refractivity contribution in [3.05, 3.63) is 134 Å². The van der Waals surface area contributed by atoms with Crippen molar-refractivity contribution in [1.29, 1.82) is 5.26 Å². The van der Waals surface area contributed by atoms with E-state index >= 15 is 0 Å². The number of esters is 1. The number of benzene rings is 4. The fourth-order valence-electron chi connectivity index (χ4n) is 7.18. The molecule has 7 rings (SSSR count). The van der Waals surface area contributed by atoms with Crippen LogP contribution in [0.5, 0.6) is 11.5 Å². The molecule has 1 fully saturated rings. The van der Waals surface area contributed by atoms with E-state index < -0.39 is 29.9 Å². The van der Waals surface area contributed by atoms with Crippen molar-refractivity contribution in [3.63, 3.8) is 0 Å². The summed E-state index contributed by atoms with van der Waals surface area (Å²) < 4.78 is 35.9. The Bertz CT molecular complexity index is 2600. The first kappa shape index (κ1) is 42.4. The van der Waals surface area contributed by atoms with E-state index in [1.165, 1.54) is 12.1 Å². The molecule has 0 aliphatic carbocycles. The Labute approximate surface area is 354 Å². The zero-order valence-electron chi connectivity index (χ0n) is 35.1. The number of likely N-dealkylation sites (N-methyl/N-ethyl adjacent to an activating group) is 2. The van der Waals surface area contributed by atoms with Crippen molar-refractivity contribution in [3.8, 4) is 17.6 Å². The highest BCUT2D eigenvalue weighted by Gasteiger charge is 2.51. The van der Waals surface area contributed by atoms with Crippen LogP contribution in [0.2, 0.25) is 0 Å². The van der Waals surface area contributed by atoms with E-state index in [1.807, 2.05) is 70.2 Å². The van der Waals surface area contributed by atoms with Crippen LogP contribution in [0, 0.1) is 11.3 Å². The van der Waals surface area contributed by atoms with Crippen molar-refractivity contribution in [2.75, 3.05) is 36.0 Å². The van der Waals surface area contributed by atoms with Gasteiger partial charge in [-0.25, -0.2) is 9.59 Å². The van der Waals surface area contributed by atoms with Crippen LogP contribution in [0.25, 0.3) is 27.5 Å². The third-order valence-corrected chi connectivity index (χ3v) is 11.4. The summed E-state index contributed by atoms with van der Waals surface area (Å²) in [4.78, 5) is 33.5. The van der Waals surface area contributed by atoms with Gasteiger partial charge in [-0.1, -0.05) is 53.6 Å². The molecule has 0 saturated carbocycles. The quantitative estimate of drug-likeness (QED) is 0.0154. The monoisotopic (exact) mass is 822 g/mol. The van der Waals surface area contributed by atoms with Crippen LogP contribution >= 0.6 is 0 Å². The van der Waals surface area contributed by atoms with E-state index in [9.17, 15) is 14.9 Å². The lowest BCUT2D eigenvalue weighted by Crippen LogP contribution is -2.41. The lowest BCUT2D eigenvalue weighted by atomic mass is 9.79. The van der Waals surface area contributed by atoms with Crippen LogP contribution in [0.4, 0.5) is 17.1 Å². The van der Waals surface area contributed by atoms with Gasteiger partial charge in [0.25, 0.3) is 0 Å². The molecule has 4 aromatic carbocycles. The summed E-state index contributed by atoms with van der Waals surface area (Å²) in [6.45, 7) is 15.6. The Balaban J connectivity index is 1.06. The van der Waals surface area contributed by atoms with E-state index in [4.69, 9.17) is 33.5 Å². The summed E-state index contributed by atoms with van der Waals surface area (Å²) in [7, 11) is -0.464. The van der Waals surface area contributed by atoms with Gasteiger partial charge >= 0.3 is 18.7 Å². The van der Waals surface area contributed by atoms with Crippen molar-refractivity contribution in [2.45, 2.75) is 72.6 Å². The van der Waals surface area contributed by atoms with Gasteiger partial charge in [-0.3, -0.25) is 0 Å². The maximum atomic E-state index is 13.5. The highest BCUT2D eigenvalue weighted by Crippen LogP contribution is 2.40. The van der Waals surface area contributed by atoms with Gasteiger partial charge in [-0.15, -0.1) is 0 Å². The van der Waals surface area contributed by atoms with E-state index in [0.29, 0.717) is 33.7 Å². The summed E-state index contributed by atoms with van der Waals surface area (Å²) in [5.74, 6) is 0.0812. The Morgan fingerprint density at radius 2 is 1.49 bits per heavy atom. The normalized spacial score (nSPS) is 15.5. The van der Waals surface area contributed by atoms with Crippen LogP contribution < -0.4 is 30.4 Å². The predicted molar refractivity (Wildman–Crippen MR) is 234 cm³/mol. The molecule has 1 aromatic heterocycles. The maximum Gasteiger partial charge on any atom is 0.494 e. The third kappa shape index (κ3) is 9.37. The van der Waals surface area contributed by atoms with Gasteiger partial charge in [0.1, 0.15) is 48.5 Å². The second-order valence-corrected chi connectivity index (χ2v) is 15.8. The van der Waals surface area contributed by atoms with Gasteiger partial charge in [-0.05, 0) is 87.9 Å². The molecular weight excluding hydrogens is 775 g/mol. The number of rotatable bonds is 14. The predicted octanol–water partition coefficient (Wildman–Crippen LogP) is 8.51. The lowest BCUT2D eigenvalue weighted by molar-refractivity contribution is -0.139. The third-order valence-electron chi connectivity index (χ3n) is 11.4. The SMILES string of the molecule is CCN1CCN(CC)c2cc(OCc3ccc(N=[N+]=[N-])cc3)c(/C=C(\C#N)C(=O)OCc3cc(=O)oc4cc(OCc5ccc(B6OC(C)(C)C(C)(C)O6)cc5)ccc34)cc21. The number of anilines is 2. The first-order valence-electron chi connectivity index (χ1n) is 20.2. The minimum atomic E-state index is -0.867. The van der Waals surface area contributed by atoms with Crippen LogP contribution in [0.3, 0.4) is 0 Å². The fraction of sp³-hybridized carbons (Fsp3) is 0.326. The summed E-state index contributed by atoms with van der Waals surface area (Å²) in [6.07, 6.45) is 1.47. The summed E-state index contributed by atoms with van der Waals surface area (Å²) in [5.41, 5.74) is 13.3. The molecule has 312 valence electrons. The largest absolute Gasteiger partial charge is 0.494 e. The molecule has 1 saturated heterocycles. The standard InChI is InChI=1S/C46H47BN6O8/c1-7-52-19-20-53(8-2)40-25-41(57-28-31-11-15-36(16-12-31)50-51-49)32(22-39(40)52)21-33(26-48)44(55)58-29-34-23-43(54)59-42-24-37(17-18-38(34)42)56-27-30-9-13-35(14-10-30)47-60-45(3,4)46(5,6)61-47/h9-18,21-25H,7-8,19-20,27-29H2,1-6H3/b33-21+. The van der Waals surface area contributed by atoms with Crippen LogP contribution in [-0.4, -0.2) is 50.5 Å². The Hall–Kier alpha value is -6.72. The van der Waals surface area contributed by atoms with E-state index in [0.717, 1.165) is 54.1 Å². The summed E-state index contributed by atoms with van der Waals surface area (Å²) >= 11 is 0. The first-order valence-corrected chi connectivity index (χ1v) is 20.2. The second kappa shape index (κ2) is 17.9.